The first-order chi connectivity index (χ1) is 13.7. The highest BCUT2D eigenvalue weighted by Crippen LogP contribution is 2.28. The van der Waals surface area contributed by atoms with Crippen molar-refractivity contribution < 1.29 is 0 Å². The molecule has 1 aliphatic rings. The van der Waals surface area contributed by atoms with Gasteiger partial charge >= 0.3 is 0 Å². The first-order valence-corrected chi connectivity index (χ1v) is 10.2. The van der Waals surface area contributed by atoms with Crippen molar-refractivity contribution in [3.8, 4) is 11.3 Å². The fourth-order valence-corrected chi connectivity index (χ4v) is 4.42. The Bertz CT molecular complexity index is 1100. The second-order valence-corrected chi connectivity index (χ2v) is 8.30. The Morgan fingerprint density at radius 3 is 3.07 bits per heavy atom. The molecule has 8 nitrogen and oxygen atoms in total. The first kappa shape index (κ1) is 17.3. The summed E-state index contributed by atoms with van der Waals surface area (Å²) in [7, 11) is 0. The molecule has 0 unspecified atom stereocenters. The quantitative estimate of drug-likeness (QED) is 0.539. The van der Waals surface area contributed by atoms with E-state index in [-0.39, 0.29) is 0 Å². The number of hydrogen-bond donors (Lipinski definition) is 2. The Labute approximate surface area is 166 Å². The Kier molecular flexibility index (Phi) is 4.33. The number of nitrogens with one attached hydrogen (secondary N) is 2. The average molecular weight is 395 g/mol. The Hall–Kier alpha value is -2.78. The zero-order valence-electron chi connectivity index (χ0n) is 15.9. The summed E-state index contributed by atoms with van der Waals surface area (Å²) in [6.45, 7) is 7.52. The fourth-order valence-electron chi connectivity index (χ4n) is 3.76. The number of fused-ring (bicyclic) bond motifs is 1. The summed E-state index contributed by atoms with van der Waals surface area (Å²) in [5.41, 5.74) is 4.76. The van der Waals surface area contributed by atoms with Gasteiger partial charge in [-0.05, 0) is 43.4 Å². The van der Waals surface area contributed by atoms with Crippen molar-refractivity contribution in [3.05, 3.63) is 42.2 Å². The number of imidazole rings is 1. The maximum Gasteiger partial charge on any atom is 0.180 e. The summed E-state index contributed by atoms with van der Waals surface area (Å²) in [5.74, 6) is 1.52. The average Bonchev–Trinajstić information content (AvgIpc) is 3.43. The van der Waals surface area contributed by atoms with Crippen LogP contribution in [0.1, 0.15) is 24.7 Å². The van der Waals surface area contributed by atoms with Crippen LogP contribution in [0.5, 0.6) is 0 Å². The maximum absolute atomic E-state index is 4.66. The van der Waals surface area contributed by atoms with Gasteiger partial charge in [-0.15, -0.1) is 0 Å². The van der Waals surface area contributed by atoms with Crippen LogP contribution < -0.4 is 5.32 Å². The van der Waals surface area contributed by atoms with E-state index in [0.717, 1.165) is 64.7 Å². The molecule has 4 aromatic heterocycles. The van der Waals surface area contributed by atoms with Crippen LogP contribution in [-0.4, -0.2) is 46.9 Å². The molecule has 0 spiro atoms. The Morgan fingerprint density at radius 1 is 1.36 bits per heavy atom. The van der Waals surface area contributed by atoms with E-state index in [9.17, 15) is 0 Å². The lowest BCUT2D eigenvalue weighted by Gasteiger charge is -2.12. The number of likely N-dealkylation sites (tertiary alicyclic amines) is 1. The summed E-state index contributed by atoms with van der Waals surface area (Å²) in [4.78, 5) is 11.7. The lowest BCUT2D eigenvalue weighted by molar-refractivity contribution is 0.317. The van der Waals surface area contributed by atoms with Crippen LogP contribution in [0.25, 0.3) is 16.9 Å². The molecule has 4 aromatic rings. The van der Waals surface area contributed by atoms with Gasteiger partial charge in [0.05, 0.1) is 29.5 Å². The van der Waals surface area contributed by atoms with Gasteiger partial charge in [0.25, 0.3) is 0 Å². The molecule has 0 bridgehead atoms. The summed E-state index contributed by atoms with van der Waals surface area (Å²) >= 11 is 1.47. The van der Waals surface area contributed by atoms with Crippen molar-refractivity contribution in [3.63, 3.8) is 0 Å². The van der Waals surface area contributed by atoms with Gasteiger partial charge in [0.15, 0.2) is 11.5 Å². The van der Waals surface area contributed by atoms with E-state index in [4.69, 9.17) is 0 Å². The molecule has 0 radical (unpaired) electrons. The van der Waals surface area contributed by atoms with Crippen LogP contribution in [0.2, 0.25) is 0 Å². The molecule has 1 fully saturated rings. The first-order valence-electron chi connectivity index (χ1n) is 9.44. The van der Waals surface area contributed by atoms with E-state index in [0.29, 0.717) is 0 Å². The highest BCUT2D eigenvalue weighted by atomic mass is 32.1. The normalized spacial score (nSPS) is 17.6. The van der Waals surface area contributed by atoms with Crippen LogP contribution in [0.4, 0.5) is 10.8 Å². The van der Waals surface area contributed by atoms with Gasteiger partial charge in [-0.3, -0.25) is 14.4 Å². The topological polar surface area (TPSA) is 87.0 Å². The predicted molar refractivity (Wildman–Crippen MR) is 110 cm³/mol. The smallest absolute Gasteiger partial charge is 0.180 e. The zero-order chi connectivity index (χ0) is 19.1. The minimum Gasteiger partial charge on any atom is -0.328 e. The van der Waals surface area contributed by atoms with Crippen LogP contribution in [0.15, 0.2) is 30.9 Å². The molecule has 5 heterocycles. The molecule has 9 heteroatoms. The van der Waals surface area contributed by atoms with Gasteiger partial charge in [-0.1, -0.05) is 6.92 Å². The monoisotopic (exact) mass is 394 g/mol. The number of aryl methyl sites for hydroxylation is 1. The molecule has 0 aliphatic carbocycles. The van der Waals surface area contributed by atoms with Gasteiger partial charge in [0.2, 0.25) is 0 Å². The number of aromatic nitrogens is 6. The molecular weight excluding hydrogens is 372 g/mol. The van der Waals surface area contributed by atoms with E-state index >= 15 is 0 Å². The van der Waals surface area contributed by atoms with Crippen LogP contribution in [0.3, 0.4) is 0 Å². The molecule has 1 saturated heterocycles. The van der Waals surface area contributed by atoms with E-state index < -0.39 is 0 Å². The molecule has 1 aliphatic heterocycles. The molecule has 0 saturated carbocycles. The van der Waals surface area contributed by atoms with E-state index in [2.05, 4.69) is 47.7 Å². The number of anilines is 2. The van der Waals surface area contributed by atoms with Crippen molar-refractivity contribution in [2.75, 3.05) is 18.4 Å². The van der Waals surface area contributed by atoms with Crippen molar-refractivity contribution in [1.29, 1.82) is 0 Å². The lowest BCUT2D eigenvalue weighted by Crippen LogP contribution is -2.19. The van der Waals surface area contributed by atoms with Gasteiger partial charge < -0.3 is 5.32 Å². The van der Waals surface area contributed by atoms with E-state index in [1.54, 1.807) is 6.20 Å². The predicted octanol–water partition coefficient (Wildman–Crippen LogP) is 3.47. The molecular formula is C19H22N8S. The standard InChI is InChI=1S/C19H22N8S/c1-12-3-4-26(9-12)11-15-5-17(28-25-15)24-18-19-20-8-16(14-6-21-22-7-14)27(19)10-13(2)23-18/h5-8,10,12H,3-4,9,11H2,1-2H3,(H,21,22)(H,23,24)/t12-/m0/s1. The molecule has 28 heavy (non-hydrogen) atoms. The van der Waals surface area contributed by atoms with Crippen LogP contribution in [-0.2, 0) is 6.54 Å². The van der Waals surface area contributed by atoms with Crippen molar-refractivity contribution in [1.82, 2.24) is 33.8 Å². The molecule has 144 valence electrons. The van der Waals surface area contributed by atoms with Gasteiger partial charge in [-0.2, -0.15) is 9.47 Å². The minimum absolute atomic E-state index is 0.736. The highest BCUT2D eigenvalue weighted by molar-refractivity contribution is 7.10. The van der Waals surface area contributed by atoms with E-state index in [1.165, 1.54) is 18.0 Å². The van der Waals surface area contributed by atoms with Crippen molar-refractivity contribution >= 4 is 28.0 Å². The van der Waals surface area contributed by atoms with Gasteiger partial charge in [0.1, 0.15) is 5.00 Å². The maximum atomic E-state index is 4.66. The number of hydrogen-bond acceptors (Lipinski definition) is 7. The second-order valence-electron chi connectivity index (χ2n) is 7.49. The SMILES string of the molecule is Cc1cn2c(-c3cn[nH]c3)cnc2c(Nc2cc(CN3CC[C@H](C)C3)ns2)n1. The highest BCUT2D eigenvalue weighted by Gasteiger charge is 2.20. The lowest BCUT2D eigenvalue weighted by atomic mass is 10.2. The summed E-state index contributed by atoms with van der Waals surface area (Å²) in [6, 6.07) is 2.12. The largest absolute Gasteiger partial charge is 0.328 e. The zero-order valence-corrected chi connectivity index (χ0v) is 16.7. The summed E-state index contributed by atoms with van der Waals surface area (Å²) in [5, 5.41) is 11.3. The summed E-state index contributed by atoms with van der Waals surface area (Å²) in [6.07, 6.45) is 8.77. The van der Waals surface area contributed by atoms with E-state index in [1.807, 2.05) is 29.9 Å². The number of nitrogens with zero attached hydrogens (tertiary/aromatic N) is 6. The molecule has 0 amide bonds. The molecule has 0 aromatic carbocycles. The fraction of sp³-hybridized carbons (Fsp3) is 0.368. The third-order valence-electron chi connectivity index (χ3n) is 5.10. The van der Waals surface area contributed by atoms with Gasteiger partial charge in [0, 0.05) is 31.0 Å². The number of aromatic amines is 1. The Morgan fingerprint density at radius 2 is 2.29 bits per heavy atom. The van der Waals surface area contributed by atoms with Crippen molar-refractivity contribution in [2.24, 2.45) is 5.92 Å². The molecule has 2 N–H and O–H groups in total. The summed E-state index contributed by atoms with van der Waals surface area (Å²) < 4.78 is 6.66. The number of H-pyrrole nitrogens is 1. The van der Waals surface area contributed by atoms with Crippen molar-refractivity contribution in [2.45, 2.75) is 26.8 Å². The molecule has 1 atom stereocenters. The minimum atomic E-state index is 0.736. The number of rotatable bonds is 5. The third kappa shape index (κ3) is 3.27. The molecule has 5 rings (SSSR count). The van der Waals surface area contributed by atoms with Gasteiger partial charge in [-0.25, -0.2) is 9.97 Å². The second kappa shape index (κ2) is 6.99. The Balaban J connectivity index is 1.41. The third-order valence-corrected chi connectivity index (χ3v) is 5.84. The van der Waals surface area contributed by atoms with Crippen LogP contribution >= 0.6 is 11.5 Å². The van der Waals surface area contributed by atoms with Crippen LogP contribution in [0, 0.1) is 12.8 Å².